The molecule has 3 nitrogen and oxygen atoms in total. The van der Waals surface area contributed by atoms with Crippen LogP contribution in [-0.2, 0) is 0 Å². The Bertz CT molecular complexity index is 288. The van der Waals surface area contributed by atoms with Crippen LogP contribution in [0.5, 0.6) is 0 Å². The predicted octanol–water partition coefficient (Wildman–Crippen LogP) is 2.01. The van der Waals surface area contributed by atoms with Gasteiger partial charge in [0.2, 0.25) is 0 Å². The minimum absolute atomic E-state index is 0.245. The van der Waals surface area contributed by atoms with Gasteiger partial charge in [0, 0.05) is 25.2 Å². The van der Waals surface area contributed by atoms with Crippen molar-refractivity contribution >= 4 is 0 Å². The second kappa shape index (κ2) is 6.11. The standard InChI is InChI=1S/C16H32N2O/c1-5-13(10-19)17-6-7-18-15-9-12-8-14(11(15)2)16(12,3)4/h11-15,17-19H,5-10H2,1-4H3/t11-,12?,13?,14-,15-/m1/s1. The molecule has 0 aliphatic heterocycles. The van der Waals surface area contributed by atoms with Crippen LogP contribution in [0.1, 0.15) is 47.0 Å². The van der Waals surface area contributed by atoms with E-state index in [4.69, 9.17) is 5.11 Å². The second-order valence-corrected chi connectivity index (χ2v) is 7.26. The molecule has 0 radical (unpaired) electrons. The smallest absolute Gasteiger partial charge is 0.0584 e. The molecule has 112 valence electrons. The third kappa shape index (κ3) is 2.98. The van der Waals surface area contributed by atoms with E-state index in [0.717, 1.165) is 37.3 Å². The van der Waals surface area contributed by atoms with Crippen LogP contribution < -0.4 is 10.6 Å². The third-order valence-electron chi connectivity index (χ3n) is 6.03. The molecule has 3 N–H and O–H groups in total. The highest BCUT2D eigenvalue weighted by Gasteiger charge is 2.55. The lowest BCUT2D eigenvalue weighted by atomic mass is 9.45. The molecule has 2 bridgehead atoms. The summed E-state index contributed by atoms with van der Waals surface area (Å²) < 4.78 is 0. The molecule has 0 saturated heterocycles. The van der Waals surface area contributed by atoms with Crippen LogP contribution in [0.15, 0.2) is 0 Å². The van der Waals surface area contributed by atoms with Crippen LogP contribution in [0, 0.1) is 23.2 Å². The first-order valence-electron chi connectivity index (χ1n) is 8.08. The molecule has 19 heavy (non-hydrogen) atoms. The van der Waals surface area contributed by atoms with Crippen molar-refractivity contribution in [1.82, 2.24) is 10.6 Å². The zero-order valence-electron chi connectivity index (χ0n) is 13.1. The van der Waals surface area contributed by atoms with Crippen LogP contribution in [-0.4, -0.2) is 36.9 Å². The number of rotatable bonds is 7. The van der Waals surface area contributed by atoms with Gasteiger partial charge in [-0.3, -0.25) is 0 Å². The summed E-state index contributed by atoms with van der Waals surface area (Å²) in [5.41, 5.74) is 0.583. The molecule has 3 aliphatic rings. The molecular weight excluding hydrogens is 236 g/mol. The van der Waals surface area contributed by atoms with Crippen molar-refractivity contribution < 1.29 is 5.11 Å². The Balaban J connectivity index is 1.68. The quantitative estimate of drug-likeness (QED) is 0.619. The maximum atomic E-state index is 9.13. The normalized spacial score (nSPS) is 37.7. The predicted molar refractivity (Wildman–Crippen MR) is 80.1 cm³/mol. The summed E-state index contributed by atoms with van der Waals surface area (Å²) in [6.45, 7) is 11.7. The zero-order valence-corrected chi connectivity index (χ0v) is 13.1. The topological polar surface area (TPSA) is 44.3 Å². The Morgan fingerprint density at radius 3 is 2.53 bits per heavy atom. The van der Waals surface area contributed by atoms with Crippen molar-refractivity contribution in [3.8, 4) is 0 Å². The molecule has 3 rings (SSSR count). The molecule has 3 fully saturated rings. The average molecular weight is 268 g/mol. The lowest BCUT2D eigenvalue weighted by Gasteiger charge is -2.62. The van der Waals surface area contributed by atoms with E-state index in [1.54, 1.807) is 0 Å². The lowest BCUT2D eigenvalue weighted by molar-refractivity contribution is -0.114. The maximum absolute atomic E-state index is 9.13. The summed E-state index contributed by atoms with van der Waals surface area (Å²) in [6, 6.07) is 0.964. The highest BCUT2D eigenvalue weighted by atomic mass is 16.3. The van der Waals surface area contributed by atoms with Crippen molar-refractivity contribution in [3.05, 3.63) is 0 Å². The zero-order chi connectivity index (χ0) is 14.0. The van der Waals surface area contributed by atoms with Crippen molar-refractivity contribution in [2.75, 3.05) is 19.7 Å². The summed E-state index contributed by atoms with van der Waals surface area (Å²) in [7, 11) is 0. The number of hydrogen-bond donors (Lipinski definition) is 3. The van der Waals surface area contributed by atoms with Gasteiger partial charge < -0.3 is 15.7 Å². The van der Waals surface area contributed by atoms with E-state index in [9.17, 15) is 0 Å². The van der Waals surface area contributed by atoms with Crippen molar-refractivity contribution in [3.63, 3.8) is 0 Å². The van der Waals surface area contributed by atoms with Gasteiger partial charge in [0.1, 0.15) is 0 Å². The fraction of sp³-hybridized carbons (Fsp3) is 1.00. The van der Waals surface area contributed by atoms with Gasteiger partial charge in [0.05, 0.1) is 6.61 Å². The summed E-state index contributed by atoms with van der Waals surface area (Å²) in [5.74, 6) is 2.65. The van der Waals surface area contributed by atoms with Gasteiger partial charge in [-0.1, -0.05) is 27.7 Å². The third-order valence-corrected chi connectivity index (χ3v) is 6.03. The number of fused-ring (bicyclic) bond motifs is 2. The fourth-order valence-electron chi connectivity index (χ4n) is 4.29. The minimum Gasteiger partial charge on any atom is -0.395 e. The van der Waals surface area contributed by atoms with Gasteiger partial charge >= 0.3 is 0 Å². The van der Waals surface area contributed by atoms with Crippen LogP contribution >= 0.6 is 0 Å². The Labute approximate surface area is 118 Å². The van der Waals surface area contributed by atoms with Gasteiger partial charge in [-0.05, 0) is 42.4 Å². The average Bonchev–Trinajstić information content (AvgIpc) is 2.39. The van der Waals surface area contributed by atoms with Crippen LogP contribution in [0.25, 0.3) is 0 Å². The summed E-state index contributed by atoms with van der Waals surface area (Å²) in [5, 5.41) is 16.3. The minimum atomic E-state index is 0.245. The molecule has 0 aromatic rings. The Morgan fingerprint density at radius 1 is 1.26 bits per heavy atom. The van der Waals surface area contributed by atoms with Gasteiger partial charge in [0.25, 0.3) is 0 Å². The molecule has 3 saturated carbocycles. The van der Waals surface area contributed by atoms with E-state index in [1.807, 2.05) is 0 Å². The highest BCUT2D eigenvalue weighted by Crippen LogP contribution is 2.61. The molecule has 5 atom stereocenters. The van der Waals surface area contributed by atoms with Gasteiger partial charge in [-0.15, -0.1) is 0 Å². The Kier molecular flexibility index (Phi) is 4.91. The molecule has 3 heteroatoms. The van der Waals surface area contributed by atoms with E-state index in [1.165, 1.54) is 12.8 Å². The van der Waals surface area contributed by atoms with Crippen LogP contribution in [0.4, 0.5) is 0 Å². The molecule has 0 aromatic heterocycles. The van der Waals surface area contributed by atoms with Crippen LogP contribution in [0.3, 0.4) is 0 Å². The molecular formula is C16H32N2O. The SMILES string of the molecule is CCC(CO)NCCN[C@@H]1CC2C[C@H]([C@H]1C)C2(C)C. The monoisotopic (exact) mass is 268 g/mol. The summed E-state index contributed by atoms with van der Waals surface area (Å²) in [4.78, 5) is 0. The first-order chi connectivity index (χ1) is 9.00. The molecule has 0 spiro atoms. The molecule has 2 unspecified atom stereocenters. The van der Waals surface area contributed by atoms with Gasteiger partial charge in [-0.25, -0.2) is 0 Å². The van der Waals surface area contributed by atoms with Crippen molar-refractivity contribution in [1.29, 1.82) is 0 Å². The second-order valence-electron chi connectivity index (χ2n) is 7.26. The lowest BCUT2D eigenvalue weighted by Crippen LogP contribution is -2.60. The van der Waals surface area contributed by atoms with Gasteiger partial charge in [0.15, 0.2) is 0 Å². The van der Waals surface area contributed by atoms with Crippen LogP contribution in [0.2, 0.25) is 0 Å². The number of nitrogens with one attached hydrogen (secondary N) is 2. The highest BCUT2D eigenvalue weighted by molar-refractivity contribution is 5.06. The fourth-order valence-corrected chi connectivity index (χ4v) is 4.29. The Hall–Kier alpha value is -0.120. The summed E-state index contributed by atoms with van der Waals surface area (Å²) >= 11 is 0. The van der Waals surface area contributed by atoms with E-state index >= 15 is 0 Å². The van der Waals surface area contributed by atoms with Crippen molar-refractivity contribution in [2.45, 2.75) is 59.0 Å². The number of hydrogen-bond acceptors (Lipinski definition) is 3. The first-order valence-corrected chi connectivity index (χ1v) is 8.08. The molecule has 0 aromatic carbocycles. The number of aliphatic hydroxyl groups excluding tert-OH is 1. The molecule has 3 aliphatic carbocycles. The van der Waals surface area contributed by atoms with E-state index in [-0.39, 0.29) is 12.6 Å². The van der Waals surface area contributed by atoms with E-state index < -0.39 is 0 Å². The Morgan fingerprint density at radius 2 is 2.00 bits per heavy atom. The van der Waals surface area contributed by atoms with E-state index in [0.29, 0.717) is 11.5 Å². The van der Waals surface area contributed by atoms with Crippen molar-refractivity contribution in [2.24, 2.45) is 23.2 Å². The maximum Gasteiger partial charge on any atom is 0.0584 e. The van der Waals surface area contributed by atoms with E-state index in [2.05, 4.69) is 38.3 Å². The summed E-state index contributed by atoms with van der Waals surface area (Å²) in [6.07, 6.45) is 3.80. The number of aliphatic hydroxyl groups is 1. The largest absolute Gasteiger partial charge is 0.395 e. The molecule has 0 amide bonds. The van der Waals surface area contributed by atoms with Gasteiger partial charge in [-0.2, -0.15) is 0 Å². The first kappa shape index (κ1) is 15.3. The molecule has 0 heterocycles.